The van der Waals surface area contributed by atoms with Crippen LogP contribution < -0.4 is 0 Å². The molecule has 0 unspecified atom stereocenters. The van der Waals surface area contributed by atoms with E-state index in [0.29, 0.717) is 11.3 Å². The Labute approximate surface area is 171 Å². The van der Waals surface area contributed by atoms with Crippen molar-refractivity contribution in [3.05, 3.63) is 51.7 Å². The average Bonchev–Trinajstić information content (AvgIpc) is 3.27. The Kier molecular flexibility index (Phi) is 6.82. The van der Waals surface area contributed by atoms with E-state index in [9.17, 15) is 13.2 Å². The number of nitrogens with zero attached hydrogens (tertiary/aromatic N) is 3. The summed E-state index contributed by atoms with van der Waals surface area (Å²) in [7, 11) is 0. The predicted molar refractivity (Wildman–Crippen MR) is 109 cm³/mol. The molecule has 3 rings (SSSR count). The van der Waals surface area contributed by atoms with Gasteiger partial charge in [0.1, 0.15) is 0 Å². The quantitative estimate of drug-likeness (QED) is 0.377. The second-order valence-corrected chi connectivity index (χ2v) is 8.43. The molecular weight excluding hydrogens is 403 g/mol. The van der Waals surface area contributed by atoms with Crippen molar-refractivity contribution in [2.75, 3.05) is 0 Å². The summed E-state index contributed by atoms with van der Waals surface area (Å²) in [6, 6.07) is 7.60. The van der Waals surface area contributed by atoms with Gasteiger partial charge in [-0.2, -0.15) is 13.2 Å². The molecule has 1 aromatic carbocycles. The third kappa shape index (κ3) is 4.97. The number of hydrogen-bond acceptors (Lipinski definition) is 4. The summed E-state index contributed by atoms with van der Waals surface area (Å²) in [5.41, 5.74) is 1.05. The summed E-state index contributed by atoms with van der Waals surface area (Å²) in [4.78, 5) is 1.32. The van der Waals surface area contributed by atoms with Gasteiger partial charge in [0, 0.05) is 28.1 Å². The number of alkyl halides is 3. The van der Waals surface area contributed by atoms with Gasteiger partial charge >= 0.3 is 6.18 Å². The molecule has 0 bridgehead atoms. The topological polar surface area (TPSA) is 30.7 Å². The van der Waals surface area contributed by atoms with E-state index < -0.39 is 11.7 Å². The molecule has 2 aromatic heterocycles. The van der Waals surface area contributed by atoms with Crippen molar-refractivity contribution in [2.45, 2.75) is 56.7 Å². The van der Waals surface area contributed by atoms with Crippen LogP contribution in [0, 0.1) is 0 Å². The summed E-state index contributed by atoms with van der Waals surface area (Å²) in [6.07, 6.45) is -1.26. The van der Waals surface area contributed by atoms with E-state index >= 15 is 0 Å². The number of halogens is 3. The summed E-state index contributed by atoms with van der Waals surface area (Å²) in [5, 5.41) is 11.5. The van der Waals surface area contributed by atoms with Crippen molar-refractivity contribution in [3.8, 4) is 11.4 Å². The van der Waals surface area contributed by atoms with Gasteiger partial charge in [-0.15, -0.1) is 21.5 Å². The summed E-state index contributed by atoms with van der Waals surface area (Å²) < 4.78 is 40.8. The van der Waals surface area contributed by atoms with Crippen LogP contribution in [0.5, 0.6) is 0 Å². The van der Waals surface area contributed by atoms with E-state index in [2.05, 4.69) is 40.1 Å². The molecule has 0 aliphatic heterocycles. The molecule has 3 aromatic rings. The first-order valence-electron chi connectivity index (χ1n) is 9.22. The van der Waals surface area contributed by atoms with Gasteiger partial charge in [0.05, 0.1) is 5.56 Å². The lowest BCUT2D eigenvalue weighted by Gasteiger charge is -2.10. The number of rotatable bonds is 8. The zero-order chi connectivity index (χ0) is 20.1. The standard InChI is InChI=1S/C20H22F3N3S2/c1-3-6-17-11-15(13-27-17)18-24-25-19(26(18)9-4-2)28-12-14-7-5-8-16(10-14)20(21,22)23/h5,7-8,10-11,13H,3-4,6,9,12H2,1-2H3. The maximum absolute atomic E-state index is 12.9. The predicted octanol–water partition coefficient (Wildman–Crippen LogP) is 6.68. The lowest BCUT2D eigenvalue weighted by molar-refractivity contribution is -0.137. The molecule has 3 nitrogen and oxygen atoms in total. The first-order chi connectivity index (χ1) is 13.4. The normalized spacial score (nSPS) is 11.9. The van der Waals surface area contributed by atoms with Gasteiger partial charge in [0.15, 0.2) is 11.0 Å². The molecular formula is C20H22F3N3S2. The largest absolute Gasteiger partial charge is 0.416 e. The fourth-order valence-electron chi connectivity index (χ4n) is 2.89. The maximum atomic E-state index is 12.9. The fourth-order valence-corrected chi connectivity index (χ4v) is 4.77. The Morgan fingerprint density at radius 3 is 2.64 bits per heavy atom. The van der Waals surface area contributed by atoms with Crippen LogP contribution in [0.2, 0.25) is 0 Å². The van der Waals surface area contributed by atoms with Crippen molar-refractivity contribution in [3.63, 3.8) is 0 Å². The van der Waals surface area contributed by atoms with Crippen molar-refractivity contribution in [1.29, 1.82) is 0 Å². The number of thioether (sulfide) groups is 1. The molecule has 0 aliphatic rings. The summed E-state index contributed by atoms with van der Waals surface area (Å²) in [5.74, 6) is 1.24. The molecule has 28 heavy (non-hydrogen) atoms. The van der Waals surface area contributed by atoms with Crippen LogP contribution >= 0.6 is 23.1 Å². The Bertz CT molecular complexity index is 916. The summed E-state index contributed by atoms with van der Waals surface area (Å²) >= 11 is 3.14. The molecule has 0 spiro atoms. The van der Waals surface area contributed by atoms with Crippen LogP contribution in [0.25, 0.3) is 11.4 Å². The highest BCUT2D eigenvalue weighted by molar-refractivity contribution is 7.98. The summed E-state index contributed by atoms with van der Waals surface area (Å²) in [6.45, 7) is 5.01. The van der Waals surface area contributed by atoms with Crippen LogP contribution in [0.4, 0.5) is 13.2 Å². The smallest absolute Gasteiger partial charge is 0.302 e. The minimum Gasteiger partial charge on any atom is -0.302 e. The van der Waals surface area contributed by atoms with Gasteiger partial charge in [-0.05, 0) is 30.5 Å². The van der Waals surface area contributed by atoms with Crippen LogP contribution in [-0.2, 0) is 24.9 Å². The Hall–Kier alpha value is -1.80. The minimum absolute atomic E-state index is 0.413. The first-order valence-corrected chi connectivity index (χ1v) is 11.1. The van der Waals surface area contributed by atoms with E-state index in [4.69, 9.17) is 0 Å². The lowest BCUT2D eigenvalue weighted by atomic mass is 10.1. The van der Waals surface area contributed by atoms with E-state index in [1.807, 2.05) is 0 Å². The van der Waals surface area contributed by atoms with Gasteiger partial charge in [0.2, 0.25) is 0 Å². The third-order valence-electron chi connectivity index (χ3n) is 4.19. The van der Waals surface area contributed by atoms with Gasteiger partial charge in [0.25, 0.3) is 0 Å². The average molecular weight is 426 g/mol. The Morgan fingerprint density at radius 2 is 1.93 bits per heavy atom. The van der Waals surface area contributed by atoms with E-state index in [-0.39, 0.29) is 0 Å². The molecule has 150 valence electrons. The van der Waals surface area contributed by atoms with Crippen molar-refractivity contribution in [2.24, 2.45) is 0 Å². The van der Waals surface area contributed by atoms with Gasteiger partial charge in [-0.1, -0.05) is 50.2 Å². The van der Waals surface area contributed by atoms with E-state index in [1.54, 1.807) is 17.4 Å². The van der Waals surface area contributed by atoms with E-state index in [1.165, 1.54) is 28.8 Å². The molecule has 0 radical (unpaired) electrons. The van der Waals surface area contributed by atoms with Crippen LogP contribution in [0.3, 0.4) is 0 Å². The monoisotopic (exact) mass is 425 g/mol. The molecule has 0 amide bonds. The second-order valence-electron chi connectivity index (χ2n) is 6.50. The first kappa shape index (κ1) is 20.9. The second kappa shape index (κ2) is 9.13. The highest BCUT2D eigenvalue weighted by Crippen LogP contribution is 2.32. The Balaban J connectivity index is 1.80. The number of thiophene rings is 1. The van der Waals surface area contributed by atoms with Crippen molar-refractivity contribution >= 4 is 23.1 Å². The zero-order valence-corrected chi connectivity index (χ0v) is 17.4. The highest BCUT2D eigenvalue weighted by Gasteiger charge is 2.30. The molecule has 0 saturated carbocycles. The van der Waals surface area contributed by atoms with Gasteiger partial charge < -0.3 is 4.57 Å². The molecule has 8 heteroatoms. The molecule has 0 fully saturated rings. The van der Waals surface area contributed by atoms with Crippen LogP contribution in [0.1, 0.15) is 42.7 Å². The molecule has 0 N–H and O–H groups in total. The van der Waals surface area contributed by atoms with Crippen molar-refractivity contribution in [1.82, 2.24) is 14.8 Å². The molecule has 0 saturated heterocycles. The fraction of sp³-hybridized carbons (Fsp3) is 0.400. The van der Waals surface area contributed by atoms with E-state index in [0.717, 1.165) is 48.4 Å². The van der Waals surface area contributed by atoms with Crippen LogP contribution in [-0.4, -0.2) is 14.8 Å². The SMILES string of the molecule is CCCc1cc(-c2nnc(SCc3cccc(C(F)(F)F)c3)n2CCC)cs1. The number of aryl methyl sites for hydroxylation is 1. The third-order valence-corrected chi connectivity index (χ3v) is 6.23. The van der Waals surface area contributed by atoms with Crippen LogP contribution in [0.15, 0.2) is 40.9 Å². The zero-order valence-electron chi connectivity index (χ0n) is 15.8. The molecule has 0 aliphatic carbocycles. The van der Waals surface area contributed by atoms with Gasteiger partial charge in [-0.3, -0.25) is 0 Å². The minimum atomic E-state index is -4.33. The number of aromatic nitrogens is 3. The molecule has 2 heterocycles. The van der Waals surface area contributed by atoms with Gasteiger partial charge in [-0.25, -0.2) is 0 Å². The number of benzene rings is 1. The molecule has 0 atom stereocenters. The Morgan fingerprint density at radius 1 is 1.11 bits per heavy atom. The van der Waals surface area contributed by atoms with Crippen molar-refractivity contribution < 1.29 is 13.2 Å². The number of hydrogen-bond donors (Lipinski definition) is 0. The lowest BCUT2D eigenvalue weighted by Crippen LogP contribution is -2.05. The maximum Gasteiger partial charge on any atom is 0.416 e. The highest BCUT2D eigenvalue weighted by atomic mass is 32.2.